The van der Waals surface area contributed by atoms with E-state index in [0.717, 1.165) is 6.21 Å². The van der Waals surface area contributed by atoms with Crippen LogP contribution in [0.1, 0.15) is 10.4 Å². The van der Waals surface area contributed by atoms with Crippen molar-refractivity contribution < 1.29 is 9.90 Å². The molecule has 0 aliphatic heterocycles. The number of anilines is 1. The van der Waals surface area contributed by atoms with Gasteiger partial charge in [-0.15, -0.1) is 0 Å². The quantitative estimate of drug-likeness (QED) is 0.510. The highest BCUT2D eigenvalue weighted by atomic mass is 35.5. The number of ketones is 1. The second kappa shape index (κ2) is 6.41. The number of hydrazone groups is 1. The predicted octanol–water partition coefficient (Wildman–Crippen LogP) is 3.98. The van der Waals surface area contributed by atoms with E-state index in [1.807, 2.05) is 0 Å². The Kier molecular flexibility index (Phi) is 4.61. The third kappa shape index (κ3) is 3.50. The minimum absolute atomic E-state index is 0.0894. The first-order valence-electron chi connectivity index (χ1n) is 5.64. The number of hydrogen-bond donors (Lipinski definition) is 2. The third-order valence-corrected chi connectivity index (χ3v) is 3.02. The van der Waals surface area contributed by atoms with Gasteiger partial charge in [-0.1, -0.05) is 35.3 Å². The van der Waals surface area contributed by atoms with E-state index in [-0.39, 0.29) is 11.3 Å². The number of nitrogens with one attached hydrogen (secondary N) is 1. The van der Waals surface area contributed by atoms with Crippen LogP contribution in [0.4, 0.5) is 5.69 Å². The van der Waals surface area contributed by atoms with E-state index in [4.69, 9.17) is 23.2 Å². The van der Waals surface area contributed by atoms with Crippen molar-refractivity contribution in [2.45, 2.75) is 0 Å². The first-order chi connectivity index (χ1) is 9.58. The maximum absolute atomic E-state index is 11.8. The van der Waals surface area contributed by atoms with Crippen LogP contribution in [-0.2, 0) is 0 Å². The van der Waals surface area contributed by atoms with Gasteiger partial charge in [-0.25, -0.2) is 0 Å². The Bertz CT molecular complexity index is 672. The molecule has 4 nitrogen and oxygen atoms in total. The van der Waals surface area contributed by atoms with E-state index in [1.54, 1.807) is 30.3 Å². The number of benzene rings is 2. The Morgan fingerprint density at radius 3 is 2.65 bits per heavy atom. The Morgan fingerprint density at radius 2 is 1.95 bits per heavy atom. The molecule has 0 saturated heterocycles. The van der Waals surface area contributed by atoms with Crippen LogP contribution < -0.4 is 5.43 Å². The molecule has 0 atom stereocenters. The number of para-hydroxylation sites is 1. The topological polar surface area (TPSA) is 61.7 Å². The number of carbonyl (C=O) groups excluding carboxylic acids is 1. The monoisotopic (exact) mass is 308 g/mol. The molecule has 102 valence electrons. The minimum atomic E-state index is -0.416. The number of carbonyl (C=O) groups is 1. The van der Waals surface area contributed by atoms with Crippen molar-refractivity contribution in [2.24, 2.45) is 5.10 Å². The Hall–Kier alpha value is -2.04. The molecular formula is C14H10Cl2N2O2. The van der Waals surface area contributed by atoms with Crippen LogP contribution in [0.15, 0.2) is 47.6 Å². The molecule has 0 fully saturated rings. The number of Topliss-reactive ketones (excluding diaryl/α,β-unsaturated/α-hetero) is 1. The Morgan fingerprint density at radius 1 is 1.20 bits per heavy atom. The fraction of sp³-hybridized carbons (Fsp3) is 0. The van der Waals surface area contributed by atoms with Gasteiger partial charge in [0.15, 0.2) is 0 Å². The highest BCUT2D eigenvalue weighted by Gasteiger charge is 2.07. The third-order valence-electron chi connectivity index (χ3n) is 2.47. The Balaban J connectivity index is 2.07. The molecule has 20 heavy (non-hydrogen) atoms. The number of phenols is 1. The van der Waals surface area contributed by atoms with Gasteiger partial charge in [0.05, 0.1) is 22.5 Å². The van der Waals surface area contributed by atoms with Gasteiger partial charge in [0.25, 0.3) is 0 Å². The number of hydrogen-bond acceptors (Lipinski definition) is 4. The highest BCUT2D eigenvalue weighted by molar-refractivity contribution is 6.37. The fourth-order valence-electron chi connectivity index (χ4n) is 1.49. The fourth-order valence-corrected chi connectivity index (χ4v) is 1.94. The summed E-state index contributed by atoms with van der Waals surface area (Å²) in [6.45, 7) is 0. The SMILES string of the molecule is O=C(C=NNc1ccc(Cl)cc1Cl)c1ccccc1O. The van der Waals surface area contributed by atoms with Gasteiger partial charge in [0, 0.05) is 5.02 Å². The molecular weight excluding hydrogens is 299 g/mol. The predicted molar refractivity (Wildman–Crippen MR) is 81.0 cm³/mol. The molecule has 6 heteroatoms. The van der Waals surface area contributed by atoms with Gasteiger partial charge in [-0.2, -0.15) is 5.10 Å². The van der Waals surface area contributed by atoms with Gasteiger partial charge in [-0.3, -0.25) is 10.2 Å². The number of rotatable bonds is 4. The lowest BCUT2D eigenvalue weighted by Crippen LogP contribution is -2.02. The minimum Gasteiger partial charge on any atom is -0.507 e. The van der Waals surface area contributed by atoms with E-state index >= 15 is 0 Å². The first kappa shape index (κ1) is 14.4. The molecule has 0 bridgehead atoms. The van der Waals surface area contributed by atoms with Crippen molar-refractivity contribution in [2.75, 3.05) is 5.43 Å². The van der Waals surface area contributed by atoms with Crippen LogP contribution in [-0.4, -0.2) is 17.1 Å². The lowest BCUT2D eigenvalue weighted by molar-refractivity contribution is 0.106. The summed E-state index contributed by atoms with van der Waals surface area (Å²) in [5, 5.41) is 14.2. The summed E-state index contributed by atoms with van der Waals surface area (Å²) < 4.78 is 0. The van der Waals surface area contributed by atoms with Crippen molar-refractivity contribution >= 4 is 40.9 Å². The van der Waals surface area contributed by atoms with E-state index in [2.05, 4.69) is 10.5 Å². The average molecular weight is 309 g/mol. The van der Waals surface area contributed by atoms with Crippen molar-refractivity contribution in [1.82, 2.24) is 0 Å². The van der Waals surface area contributed by atoms with Crippen molar-refractivity contribution in [3.05, 3.63) is 58.1 Å². The maximum Gasteiger partial charge on any atom is 0.209 e. The lowest BCUT2D eigenvalue weighted by Gasteiger charge is -2.03. The van der Waals surface area contributed by atoms with Crippen molar-refractivity contribution in [3.8, 4) is 5.75 Å². The van der Waals surface area contributed by atoms with Crippen molar-refractivity contribution in [3.63, 3.8) is 0 Å². The molecule has 0 aliphatic carbocycles. The summed E-state index contributed by atoms with van der Waals surface area (Å²) in [4.78, 5) is 11.8. The van der Waals surface area contributed by atoms with E-state index < -0.39 is 5.78 Å². The molecule has 0 amide bonds. The normalized spacial score (nSPS) is 10.7. The Labute approximate surface area is 125 Å². The van der Waals surface area contributed by atoms with Gasteiger partial charge in [-0.05, 0) is 30.3 Å². The number of halogens is 2. The van der Waals surface area contributed by atoms with Crippen LogP contribution in [0.25, 0.3) is 0 Å². The molecule has 0 aliphatic rings. The van der Waals surface area contributed by atoms with Crippen LogP contribution in [0.5, 0.6) is 5.75 Å². The largest absolute Gasteiger partial charge is 0.507 e. The first-order valence-corrected chi connectivity index (χ1v) is 6.40. The molecule has 0 spiro atoms. The number of phenolic OH excluding ortho intramolecular Hbond substituents is 1. The van der Waals surface area contributed by atoms with E-state index in [9.17, 15) is 9.90 Å². The molecule has 0 aromatic heterocycles. The molecule has 2 aromatic carbocycles. The van der Waals surface area contributed by atoms with Gasteiger partial charge < -0.3 is 5.11 Å². The summed E-state index contributed by atoms with van der Waals surface area (Å²) in [5.74, 6) is -0.505. The zero-order chi connectivity index (χ0) is 14.5. The van der Waals surface area contributed by atoms with Gasteiger partial charge in [0.1, 0.15) is 5.75 Å². The van der Waals surface area contributed by atoms with Crippen LogP contribution in [0.2, 0.25) is 10.0 Å². The molecule has 2 N–H and O–H groups in total. The molecule has 0 radical (unpaired) electrons. The number of aromatic hydroxyl groups is 1. The zero-order valence-electron chi connectivity index (χ0n) is 10.2. The lowest BCUT2D eigenvalue weighted by atomic mass is 10.1. The zero-order valence-corrected chi connectivity index (χ0v) is 11.7. The molecule has 0 heterocycles. The average Bonchev–Trinajstić information content (AvgIpc) is 2.41. The highest BCUT2D eigenvalue weighted by Crippen LogP contribution is 2.25. The number of nitrogens with zero attached hydrogens (tertiary/aromatic N) is 1. The molecule has 0 saturated carbocycles. The van der Waals surface area contributed by atoms with Crippen LogP contribution >= 0.6 is 23.2 Å². The van der Waals surface area contributed by atoms with Crippen molar-refractivity contribution in [1.29, 1.82) is 0 Å². The van der Waals surface area contributed by atoms with Gasteiger partial charge >= 0.3 is 0 Å². The summed E-state index contributed by atoms with van der Waals surface area (Å²) in [6.07, 6.45) is 1.07. The second-order valence-electron chi connectivity index (χ2n) is 3.88. The maximum atomic E-state index is 11.8. The summed E-state index contributed by atoms with van der Waals surface area (Å²) in [6, 6.07) is 11.1. The summed E-state index contributed by atoms with van der Waals surface area (Å²) >= 11 is 11.7. The second-order valence-corrected chi connectivity index (χ2v) is 4.72. The van der Waals surface area contributed by atoms with Crippen LogP contribution in [0.3, 0.4) is 0 Å². The van der Waals surface area contributed by atoms with Crippen LogP contribution in [0, 0.1) is 0 Å². The van der Waals surface area contributed by atoms with E-state index in [1.165, 1.54) is 12.1 Å². The van der Waals surface area contributed by atoms with Gasteiger partial charge in [0.2, 0.25) is 5.78 Å². The van der Waals surface area contributed by atoms with E-state index in [0.29, 0.717) is 15.7 Å². The summed E-state index contributed by atoms with van der Waals surface area (Å²) in [7, 11) is 0. The standard InChI is InChI=1S/C14H10Cl2N2O2/c15-9-5-6-12(11(16)7-9)18-17-8-14(20)10-3-1-2-4-13(10)19/h1-8,18-19H. The summed E-state index contributed by atoms with van der Waals surface area (Å²) in [5.41, 5.74) is 3.34. The molecule has 2 aromatic rings. The smallest absolute Gasteiger partial charge is 0.209 e. The molecule has 0 unspecified atom stereocenters. The molecule has 2 rings (SSSR count).